The molecule has 0 unspecified atom stereocenters. The lowest BCUT2D eigenvalue weighted by molar-refractivity contribution is -0.145. The van der Waals surface area contributed by atoms with Crippen molar-refractivity contribution in [1.29, 1.82) is 0 Å². The van der Waals surface area contributed by atoms with Crippen molar-refractivity contribution in [3.8, 4) is 0 Å². The van der Waals surface area contributed by atoms with E-state index in [2.05, 4.69) is 20.0 Å². The first-order valence-electron chi connectivity index (χ1n) is 10.7. The maximum absolute atomic E-state index is 12.4. The van der Waals surface area contributed by atoms with Crippen molar-refractivity contribution in [2.45, 2.75) is 51.0 Å². The number of hydrogen-bond acceptors (Lipinski definition) is 4. The van der Waals surface area contributed by atoms with Crippen molar-refractivity contribution < 1.29 is 9.59 Å². The predicted molar refractivity (Wildman–Crippen MR) is 101 cm³/mol. The van der Waals surface area contributed by atoms with E-state index in [1.165, 1.54) is 38.8 Å². The topological polar surface area (TPSA) is 55.9 Å². The zero-order valence-electron chi connectivity index (χ0n) is 16.0. The molecule has 26 heavy (non-hydrogen) atoms. The molecule has 4 rings (SSSR count). The molecule has 0 aromatic carbocycles. The Hall–Kier alpha value is -1.14. The third-order valence-electron chi connectivity index (χ3n) is 6.82. The van der Waals surface area contributed by atoms with Crippen LogP contribution in [0.5, 0.6) is 0 Å². The van der Waals surface area contributed by atoms with E-state index >= 15 is 0 Å². The van der Waals surface area contributed by atoms with Gasteiger partial charge in [0.2, 0.25) is 11.8 Å². The zero-order valence-corrected chi connectivity index (χ0v) is 16.0. The molecular formula is C20H34N4O2. The molecule has 4 saturated heterocycles. The van der Waals surface area contributed by atoms with Gasteiger partial charge in [-0.2, -0.15) is 0 Å². The van der Waals surface area contributed by atoms with E-state index in [9.17, 15) is 9.59 Å². The van der Waals surface area contributed by atoms with Gasteiger partial charge in [-0.15, -0.1) is 0 Å². The van der Waals surface area contributed by atoms with Gasteiger partial charge < -0.3 is 15.1 Å². The average Bonchev–Trinajstić information content (AvgIpc) is 2.63. The smallest absolute Gasteiger partial charge is 0.234 e. The fourth-order valence-corrected chi connectivity index (χ4v) is 5.64. The summed E-state index contributed by atoms with van der Waals surface area (Å²) in [4.78, 5) is 31.5. The molecule has 6 nitrogen and oxygen atoms in total. The van der Waals surface area contributed by atoms with Gasteiger partial charge in [0, 0.05) is 45.2 Å². The van der Waals surface area contributed by atoms with Gasteiger partial charge in [0.25, 0.3) is 0 Å². The number of rotatable bonds is 5. The van der Waals surface area contributed by atoms with Crippen molar-refractivity contribution in [3.63, 3.8) is 0 Å². The van der Waals surface area contributed by atoms with Gasteiger partial charge in [-0.05, 0) is 57.0 Å². The number of nitrogens with zero attached hydrogens (tertiary/aromatic N) is 3. The molecule has 0 saturated carbocycles. The molecule has 0 spiro atoms. The second-order valence-electron chi connectivity index (χ2n) is 8.81. The second kappa shape index (κ2) is 8.26. The first-order chi connectivity index (χ1) is 12.7. The minimum absolute atomic E-state index is 0.165. The van der Waals surface area contributed by atoms with Crippen LogP contribution in [0.4, 0.5) is 0 Å². The fraction of sp³-hybridized carbons (Fsp3) is 0.900. The SMILES string of the molecule is O=C(CN1C[C@H]2C[C@H](C1)[C@H]1CCCC(=O)N1C2)NCCN1CCCCC1. The van der Waals surface area contributed by atoms with Crippen LogP contribution in [0.1, 0.15) is 44.9 Å². The van der Waals surface area contributed by atoms with Crippen LogP contribution in [-0.2, 0) is 9.59 Å². The highest BCUT2D eigenvalue weighted by molar-refractivity contribution is 5.78. The molecular weight excluding hydrogens is 328 g/mol. The Morgan fingerprint density at radius 3 is 2.73 bits per heavy atom. The van der Waals surface area contributed by atoms with Crippen LogP contribution in [0, 0.1) is 11.8 Å². The minimum atomic E-state index is 0.165. The number of likely N-dealkylation sites (tertiary alicyclic amines) is 2. The first kappa shape index (κ1) is 18.2. The lowest BCUT2D eigenvalue weighted by Crippen LogP contribution is -2.61. The fourth-order valence-electron chi connectivity index (χ4n) is 5.64. The monoisotopic (exact) mass is 362 g/mol. The lowest BCUT2D eigenvalue weighted by Gasteiger charge is -2.52. The van der Waals surface area contributed by atoms with E-state index in [4.69, 9.17) is 0 Å². The van der Waals surface area contributed by atoms with Gasteiger partial charge in [-0.25, -0.2) is 0 Å². The van der Waals surface area contributed by atoms with Crippen molar-refractivity contribution in [3.05, 3.63) is 0 Å². The largest absolute Gasteiger partial charge is 0.354 e. The molecule has 0 aromatic heterocycles. The van der Waals surface area contributed by atoms with E-state index < -0.39 is 0 Å². The summed E-state index contributed by atoms with van der Waals surface area (Å²) >= 11 is 0. The van der Waals surface area contributed by atoms with Gasteiger partial charge in [0.1, 0.15) is 0 Å². The highest BCUT2D eigenvalue weighted by Crippen LogP contribution is 2.37. The summed E-state index contributed by atoms with van der Waals surface area (Å²) in [6.07, 6.45) is 8.11. The van der Waals surface area contributed by atoms with E-state index in [0.29, 0.717) is 30.3 Å². The Morgan fingerprint density at radius 2 is 1.88 bits per heavy atom. The van der Waals surface area contributed by atoms with Crippen LogP contribution in [0.15, 0.2) is 0 Å². The number of carbonyl (C=O) groups is 2. The van der Waals surface area contributed by atoms with E-state index in [1.807, 2.05) is 0 Å². The van der Waals surface area contributed by atoms with Crippen molar-refractivity contribution in [2.24, 2.45) is 11.8 Å². The average molecular weight is 363 g/mol. The molecule has 0 aromatic rings. The Labute approximate surface area is 157 Å². The van der Waals surface area contributed by atoms with Gasteiger partial charge in [-0.3, -0.25) is 14.5 Å². The summed E-state index contributed by atoms with van der Waals surface area (Å²) in [6, 6.07) is 0.428. The summed E-state index contributed by atoms with van der Waals surface area (Å²) in [5.74, 6) is 1.64. The lowest BCUT2D eigenvalue weighted by atomic mass is 9.76. The Kier molecular flexibility index (Phi) is 5.79. The number of fused-ring (bicyclic) bond motifs is 4. The summed E-state index contributed by atoms with van der Waals surface area (Å²) in [5, 5.41) is 3.12. The maximum atomic E-state index is 12.4. The van der Waals surface area contributed by atoms with Crippen molar-refractivity contribution in [1.82, 2.24) is 20.0 Å². The number of amides is 2. The van der Waals surface area contributed by atoms with Crippen LogP contribution in [-0.4, -0.2) is 84.9 Å². The predicted octanol–water partition coefficient (Wildman–Crippen LogP) is 0.921. The molecule has 1 N–H and O–H groups in total. The molecule has 0 aliphatic carbocycles. The zero-order chi connectivity index (χ0) is 17.9. The van der Waals surface area contributed by atoms with Crippen LogP contribution in [0.25, 0.3) is 0 Å². The molecule has 4 heterocycles. The maximum Gasteiger partial charge on any atom is 0.234 e. The summed E-state index contributed by atoms with van der Waals surface area (Å²) < 4.78 is 0. The standard InChI is InChI=1S/C20H34N4O2/c25-19(21-7-10-22-8-2-1-3-9-22)15-23-12-16-11-17(14-23)18-5-4-6-20(26)24(18)13-16/h16-18H,1-15H2,(H,21,25)/t16-,17-,18-/m1/s1. The molecule has 6 heteroatoms. The molecule has 146 valence electrons. The highest BCUT2D eigenvalue weighted by atomic mass is 16.2. The summed E-state index contributed by atoms with van der Waals surface area (Å²) in [7, 11) is 0. The number of piperidine rings is 4. The van der Waals surface area contributed by atoms with Gasteiger partial charge in [-0.1, -0.05) is 6.42 Å². The van der Waals surface area contributed by atoms with Crippen molar-refractivity contribution >= 4 is 11.8 Å². The van der Waals surface area contributed by atoms with E-state index in [0.717, 1.165) is 52.0 Å². The highest BCUT2D eigenvalue weighted by Gasteiger charge is 2.43. The van der Waals surface area contributed by atoms with E-state index in [-0.39, 0.29) is 5.91 Å². The Balaban J connectivity index is 1.22. The van der Waals surface area contributed by atoms with Crippen LogP contribution in [0.3, 0.4) is 0 Å². The molecule has 4 aliphatic heterocycles. The van der Waals surface area contributed by atoms with Crippen LogP contribution in [0.2, 0.25) is 0 Å². The van der Waals surface area contributed by atoms with Gasteiger partial charge in [0.05, 0.1) is 6.54 Å². The Bertz CT molecular complexity index is 520. The van der Waals surface area contributed by atoms with Gasteiger partial charge >= 0.3 is 0 Å². The quantitative estimate of drug-likeness (QED) is 0.790. The second-order valence-corrected chi connectivity index (χ2v) is 8.81. The van der Waals surface area contributed by atoms with Crippen LogP contribution >= 0.6 is 0 Å². The van der Waals surface area contributed by atoms with Gasteiger partial charge in [0.15, 0.2) is 0 Å². The van der Waals surface area contributed by atoms with Crippen LogP contribution < -0.4 is 5.32 Å². The molecule has 2 bridgehead atoms. The first-order valence-corrected chi connectivity index (χ1v) is 10.7. The molecule has 4 aliphatic rings. The summed E-state index contributed by atoms with van der Waals surface area (Å²) in [6.45, 7) is 7.49. The number of hydrogen-bond donors (Lipinski definition) is 1. The van der Waals surface area contributed by atoms with E-state index in [1.54, 1.807) is 0 Å². The Morgan fingerprint density at radius 1 is 1.04 bits per heavy atom. The molecule has 4 fully saturated rings. The molecule has 3 atom stereocenters. The summed E-state index contributed by atoms with van der Waals surface area (Å²) in [5.41, 5.74) is 0. The number of nitrogens with one attached hydrogen (secondary N) is 1. The third kappa shape index (κ3) is 4.22. The third-order valence-corrected chi connectivity index (χ3v) is 6.82. The normalized spacial score (nSPS) is 33.0. The minimum Gasteiger partial charge on any atom is -0.354 e. The molecule has 0 radical (unpaired) electrons. The van der Waals surface area contributed by atoms with Crippen molar-refractivity contribution in [2.75, 3.05) is 52.4 Å². The molecule has 2 amide bonds. The number of carbonyl (C=O) groups excluding carboxylic acids is 2.